The van der Waals surface area contributed by atoms with Gasteiger partial charge in [-0.25, -0.2) is 0 Å². The van der Waals surface area contributed by atoms with Crippen molar-refractivity contribution in [1.82, 2.24) is 4.98 Å². The molecule has 0 aliphatic carbocycles. The first-order valence-corrected chi connectivity index (χ1v) is 8.62. The number of benzene rings is 2. The maximum absolute atomic E-state index is 13.1. The lowest BCUT2D eigenvalue weighted by atomic mass is 9.98. The number of amides is 1. The van der Waals surface area contributed by atoms with Gasteiger partial charge in [-0.2, -0.15) is 0 Å². The van der Waals surface area contributed by atoms with Crippen LogP contribution in [0.3, 0.4) is 0 Å². The van der Waals surface area contributed by atoms with Crippen molar-refractivity contribution in [3.8, 4) is 0 Å². The number of para-hydroxylation sites is 1. The minimum atomic E-state index is -0.127. The highest BCUT2D eigenvalue weighted by atomic mass is 16.1. The summed E-state index contributed by atoms with van der Waals surface area (Å²) in [6, 6.07) is 15.0. The van der Waals surface area contributed by atoms with Crippen LogP contribution in [0.4, 0.5) is 5.69 Å². The Bertz CT molecular complexity index is 907. The van der Waals surface area contributed by atoms with Gasteiger partial charge < -0.3 is 10.3 Å². The number of anilines is 1. The van der Waals surface area contributed by atoms with Gasteiger partial charge in [0.2, 0.25) is 5.91 Å². The highest BCUT2D eigenvalue weighted by molar-refractivity contribution is 6.17. The number of carbonyl (C=O) groups is 2. The Labute approximate surface area is 147 Å². The van der Waals surface area contributed by atoms with Crippen molar-refractivity contribution in [2.24, 2.45) is 0 Å². The predicted octanol–water partition coefficient (Wildman–Crippen LogP) is 4.70. The number of aromatic amines is 1. The molecule has 1 aromatic heterocycles. The van der Waals surface area contributed by atoms with Crippen LogP contribution < -0.4 is 5.32 Å². The Hall–Kier alpha value is -2.88. The second-order valence-corrected chi connectivity index (χ2v) is 6.22. The molecule has 0 saturated carbocycles. The van der Waals surface area contributed by atoms with E-state index in [2.05, 4.69) is 17.2 Å². The maximum Gasteiger partial charge on any atom is 0.221 e. The van der Waals surface area contributed by atoms with Gasteiger partial charge in [0.1, 0.15) is 0 Å². The van der Waals surface area contributed by atoms with E-state index < -0.39 is 0 Å². The van der Waals surface area contributed by atoms with Crippen molar-refractivity contribution in [1.29, 1.82) is 0 Å². The standard InChI is InChI=1S/C21H22N2O2/c1-3-4-8-19-20(17-7-5-6-9-18(17)23-19)21(25)15-10-12-16(13-11-15)22-14(2)24/h5-7,9-13,23H,3-4,8H2,1-2H3,(H,22,24). The zero-order valence-corrected chi connectivity index (χ0v) is 14.6. The topological polar surface area (TPSA) is 62.0 Å². The number of hydrogen-bond acceptors (Lipinski definition) is 2. The summed E-state index contributed by atoms with van der Waals surface area (Å²) in [6.45, 7) is 3.61. The molecule has 0 atom stereocenters. The zero-order valence-electron chi connectivity index (χ0n) is 14.6. The van der Waals surface area contributed by atoms with Crippen molar-refractivity contribution in [2.75, 3.05) is 5.32 Å². The van der Waals surface area contributed by atoms with Crippen molar-refractivity contribution in [2.45, 2.75) is 33.1 Å². The smallest absolute Gasteiger partial charge is 0.221 e. The molecular weight excluding hydrogens is 312 g/mol. The van der Waals surface area contributed by atoms with E-state index in [9.17, 15) is 9.59 Å². The average molecular weight is 334 g/mol. The lowest BCUT2D eigenvalue weighted by Gasteiger charge is -2.06. The van der Waals surface area contributed by atoms with Gasteiger partial charge in [0.25, 0.3) is 0 Å². The molecule has 0 saturated heterocycles. The lowest BCUT2D eigenvalue weighted by Crippen LogP contribution is -2.07. The number of H-pyrrole nitrogens is 1. The van der Waals surface area contributed by atoms with Crippen LogP contribution in [0, 0.1) is 0 Å². The van der Waals surface area contributed by atoms with Gasteiger partial charge in [0.15, 0.2) is 5.78 Å². The molecule has 3 aromatic rings. The van der Waals surface area contributed by atoms with Crippen LogP contribution in [0.15, 0.2) is 48.5 Å². The second kappa shape index (κ2) is 7.34. The summed E-state index contributed by atoms with van der Waals surface area (Å²) >= 11 is 0. The molecule has 3 rings (SSSR count). The third kappa shape index (κ3) is 3.63. The van der Waals surface area contributed by atoms with Gasteiger partial charge in [-0.05, 0) is 43.2 Å². The minimum absolute atomic E-state index is 0.0120. The summed E-state index contributed by atoms with van der Waals surface area (Å²) in [5.74, 6) is -0.115. The highest BCUT2D eigenvalue weighted by Crippen LogP contribution is 2.26. The molecule has 0 unspecified atom stereocenters. The number of carbonyl (C=O) groups excluding carboxylic acids is 2. The lowest BCUT2D eigenvalue weighted by molar-refractivity contribution is -0.114. The van der Waals surface area contributed by atoms with Gasteiger partial charge in [-0.3, -0.25) is 9.59 Å². The summed E-state index contributed by atoms with van der Waals surface area (Å²) < 4.78 is 0. The van der Waals surface area contributed by atoms with Crippen molar-refractivity contribution in [3.63, 3.8) is 0 Å². The molecule has 0 aliphatic rings. The van der Waals surface area contributed by atoms with Crippen LogP contribution in [0.25, 0.3) is 10.9 Å². The summed E-state index contributed by atoms with van der Waals surface area (Å²) in [5, 5.41) is 3.68. The van der Waals surface area contributed by atoms with E-state index in [1.807, 2.05) is 24.3 Å². The predicted molar refractivity (Wildman–Crippen MR) is 101 cm³/mol. The zero-order chi connectivity index (χ0) is 17.8. The van der Waals surface area contributed by atoms with Gasteiger partial charge in [-0.15, -0.1) is 0 Å². The highest BCUT2D eigenvalue weighted by Gasteiger charge is 2.19. The van der Waals surface area contributed by atoms with Crippen LogP contribution in [-0.4, -0.2) is 16.7 Å². The second-order valence-electron chi connectivity index (χ2n) is 6.22. The summed E-state index contributed by atoms with van der Waals surface area (Å²) in [4.78, 5) is 27.7. The minimum Gasteiger partial charge on any atom is -0.358 e. The number of unbranched alkanes of at least 4 members (excludes halogenated alkanes) is 1. The first kappa shape index (κ1) is 17.0. The molecule has 1 heterocycles. The third-order valence-electron chi connectivity index (χ3n) is 4.26. The molecule has 0 bridgehead atoms. The van der Waals surface area contributed by atoms with Gasteiger partial charge in [0.05, 0.1) is 5.56 Å². The van der Waals surface area contributed by atoms with Crippen LogP contribution in [-0.2, 0) is 11.2 Å². The molecule has 1 amide bonds. The van der Waals surface area contributed by atoms with Crippen LogP contribution in [0.2, 0.25) is 0 Å². The number of rotatable bonds is 6. The Kier molecular flexibility index (Phi) is 4.98. The van der Waals surface area contributed by atoms with E-state index in [4.69, 9.17) is 0 Å². The summed E-state index contributed by atoms with van der Waals surface area (Å²) in [7, 11) is 0. The van der Waals surface area contributed by atoms with Crippen molar-refractivity contribution < 1.29 is 9.59 Å². The fraction of sp³-hybridized carbons (Fsp3) is 0.238. The fourth-order valence-corrected chi connectivity index (χ4v) is 3.05. The molecule has 25 heavy (non-hydrogen) atoms. The number of aromatic nitrogens is 1. The van der Waals surface area contributed by atoms with E-state index in [-0.39, 0.29) is 11.7 Å². The molecule has 0 aliphatic heterocycles. The van der Waals surface area contributed by atoms with Crippen LogP contribution in [0.1, 0.15) is 48.3 Å². The van der Waals surface area contributed by atoms with E-state index in [0.717, 1.165) is 41.4 Å². The largest absolute Gasteiger partial charge is 0.358 e. The average Bonchev–Trinajstić information content (AvgIpc) is 2.97. The number of fused-ring (bicyclic) bond motifs is 1. The first-order chi connectivity index (χ1) is 12.1. The molecule has 0 spiro atoms. The maximum atomic E-state index is 13.1. The van der Waals surface area contributed by atoms with E-state index in [1.54, 1.807) is 24.3 Å². The first-order valence-electron chi connectivity index (χ1n) is 8.62. The van der Waals surface area contributed by atoms with E-state index in [0.29, 0.717) is 11.3 Å². The van der Waals surface area contributed by atoms with Gasteiger partial charge in [-0.1, -0.05) is 31.5 Å². The molecular formula is C21H22N2O2. The van der Waals surface area contributed by atoms with Crippen LogP contribution >= 0.6 is 0 Å². The molecule has 4 heteroatoms. The molecule has 128 valence electrons. The third-order valence-corrected chi connectivity index (χ3v) is 4.26. The molecule has 2 N–H and O–H groups in total. The Morgan fingerprint density at radius 2 is 1.76 bits per heavy atom. The molecule has 0 fully saturated rings. The monoisotopic (exact) mass is 334 g/mol. The fourth-order valence-electron chi connectivity index (χ4n) is 3.05. The SMILES string of the molecule is CCCCc1[nH]c2ccccc2c1C(=O)c1ccc(NC(C)=O)cc1. The van der Waals surface area contributed by atoms with E-state index >= 15 is 0 Å². The normalized spacial score (nSPS) is 10.8. The Morgan fingerprint density at radius 1 is 1.04 bits per heavy atom. The Morgan fingerprint density at radius 3 is 2.44 bits per heavy atom. The number of ketones is 1. The Balaban J connectivity index is 1.99. The molecule has 2 aromatic carbocycles. The summed E-state index contributed by atoms with van der Waals surface area (Å²) in [6.07, 6.45) is 2.97. The molecule has 4 nitrogen and oxygen atoms in total. The van der Waals surface area contributed by atoms with Crippen molar-refractivity contribution in [3.05, 3.63) is 65.4 Å². The van der Waals surface area contributed by atoms with Crippen LogP contribution in [0.5, 0.6) is 0 Å². The van der Waals surface area contributed by atoms with E-state index in [1.165, 1.54) is 6.92 Å². The number of aryl methyl sites for hydroxylation is 1. The summed E-state index contributed by atoms with van der Waals surface area (Å²) in [5.41, 5.74) is 4.06. The van der Waals surface area contributed by atoms with Crippen molar-refractivity contribution >= 4 is 28.3 Å². The quantitative estimate of drug-likeness (QED) is 0.642. The number of nitrogens with one attached hydrogen (secondary N) is 2. The van der Waals surface area contributed by atoms with Gasteiger partial charge in [0, 0.05) is 34.8 Å². The number of hydrogen-bond donors (Lipinski definition) is 2. The van der Waals surface area contributed by atoms with Gasteiger partial charge >= 0.3 is 0 Å². The molecule has 0 radical (unpaired) electrons.